The molecule has 1 nitrogen and oxygen atoms in total. The molecule has 0 aromatic carbocycles. The summed E-state index contributed by atoms with van der Waals surface area (Å²) in [7, 11) is 0. The van der Waals surface area contributed by atoms with Gasteiger partial charge in [0.05, 0.1) is 0 Å². The standard InChI is InChI=1S/C20H32O/c1-2-3-4-5-6-7-8-9-10-11-12-13-14-15-16-17-18-19-20-21/h12-17,19H,2-11,18H2,1H3/b13-12+,15-14+,17-16+. The van der Waals surface area contributed by atoms with Gasteiger partial charge in [0, 0.05) is 6.08 Å². The van der Waals surface area contributed by atoms with E-state index in [0.29, 0.717) is 6.42 Å². The maximum absolute atomic E-state index is 9.92. The predicted octanol–water partition coefficient (Wildman–Crippen LogP) is 6.35. The van der Waals surface area contributed by atoms with Crippen molar-refractivity contribution in [3.63, 3.8) is 0 Å². The van der Waals surface area contributed by atoms with Gasteiger partial charge in [-0.15, -0.1) is 0 Å². The molecule has 0 aliphatic heterocycles. The number of carbonyl (C=O) groups excluding carboxylic acids is 1. The molecule has 0 aliphatic carbocycles. The van der Waals surface area contributed by atoms with Crippen molar-refractivity contribution in [2.45, 2.75) is 77.6 Å². The van der Waals surface area contributed by atoms with E-state index in [-0.39, 0.29) is 0 Å². The Hall–Kier alpha value is -1.33. The highest BCUT2D eigenvalue weighted by atomic mass is 16.1. The molecular formula is C20H32O. The Bertz CT molecular complexity index is 330. The van der Waals surface area contributed by atoms with Crippen molar-refractivity contribution in [1.82, 2.24) is 0 Å². The van der Waals surface area contributed by atoms with Gasteiger partial charge < -0.3 is 0 Å². The third-order valence-corrected chi connectivity index (χ3v) is 3.42. The lowest BCUT2D eigenvalue weighted by Crippen LogP contribution is -1.80. The topological polar surface area (TPSA) is 17.1 Å². The highest BCUT2D eigenvalue weighted by molar-refractivity contribution is 5.45. The average molecular weight is 288 g/mol. The molecule has 0 saturated heterocycles. The summed E-state index contributed by atoms with van der Waals surface area (Å²) < 4.78 is 0. The highest BCUT2D eigenvalue weighted by Crippen LogP contribution is 2.10. The van der Waals surface area contributed by atoms with Gasteiger partial charge in [0.2, 0.25) is 0 Å². The number of rotatable bonds is 14. The minimum Gasteiger partial charge on any atom is -0.234 e. The first-order valence-electron chi connectivity index (χ1n) is 8.59. The molecule has 0 fully saturated rings. The van der Waals surface area contributed by atoms with Crippen molar-refractivity contribution >= 4 is 5.94 Å². The Morgan fingerprint density at radius 3 is 1.90 bits per heavy atom. The molecule has 0 saturated carbocycles. The van der Waals surface area contributed by atoms with E-state index in [4.69, 9.17) is 0 Å². The van der Waals surface area contributed by atoms with E-state index in [0.717, 1.165) is 0 Å². The lowest BCUT2D eigenvalue weighted by Gasteiger charge is -2.00. The van der Waals surface area contributed by atoms with Gasteiger partial charge in [-0.1, -0.05) is 94.7 Å². The largest absolute Gasteiger partial charge is 0.234 e. The predicted molar refractivity (Wildman–Crippen MR) is 94.1 cm³/mol. The summed E-state index contributed by atoms with van der Waals surface area (Å²) in [6.45, 7) is 2.27. The van der Waals surface area contributed by atoms with Crippen LogP contribution in [-0.4, -0.2) is 5.94 Å². The molecular weight excluding hydrogens is 256 g/mol. The molecule has 118 valence electrons. The molecule has 0 rings (SSSR count). The van der Waals surface area contributed by atoms with Crippen LogP contribution in [0.4, 0.5) is 0 Å². The maximum Gasteiger partial charge on any atom is 0.120 e. The minimum atomic E-state index is 0.663. The summed E-state index contributed by atoms with van der Waals surface area (Å²) in [6.07, 6.45) is 28.1. The number of hydrogen-bond acceptors (Lipinski definition) is 1. The molecule has 0 N–H and O–H groups in total. The fourth-order valence-electron chi connectivity index (χ4n) is 2.15. The summed E-state index contributed by atoms with van der Waals surface area (Å²) in [4.78, 5) is 9.92. The van der Waals surface area contributed by atoms with Gasteiger partial charge in [-0.05, 0) is 19.3 Å². The Kier molecular flexibility index (Phi) is 17.5. The zero-order valence-corrected chi connectivity index (χ0v) is 13.7. The van der Waals surface area contributed by atoms with Crippen molar-refractivity contribution in [1.29, 1.82) is 0 Å². The summed E-state index contributed by atoms with van der Waals surface area (Å²) in [5, 5.41) is 0. The third kappa shape index (κ3) is 18.7. The Morgan fingerprint density at radius 2 is 1.29 bits per heavy atom. The Balaban J connectivity index is 3.26. The van der Waals surface area contributed by atoms with E-state index < -0.39 is 0 Å². The molecule has 0 radical (unpaired) electrons. The van der Waals surface area contributed by atoms with E-state index in [9.17, 15) is 4.79 Å². The molecule has 0 amide bonds. The van der Waals surface area contributed by atoms with Crippen LogP contribution >= 0.6 is 0 Å². The van der Waals surface area contributed by atoms with Crippen LogP contribution in [0.25, 0.3) is 0 Å². The summed E-state index contributed by atoms with van der Waals surface area (Å²) in [6, 6.07) is 0. The monoisotopic (exact) mass is 288 g/mol. The van der Waals surface area contributed by atoms with Crippen molar-refractivity contribution in [2.75, 3.05) is 0 Å². The second-order valence-corrected chi connectivity index (χ2v) is 5.42. The van der Waals surface area contributed by atoms with E-state index in [2.05, 4.69) is 19.1 Å². The first kappa shape index (κ1) is 19.7. The van der Waals surface area contributed by atoms with Crippen molar-refractivity contribution in [2.24, 2.45) is 0 Å². The van der Waals surface area contributed by atoms with Crippen LogP contribution in [0.5, 0.6) is 0 Å². The smallest absolute Gasteiger partial charge is 0.120 e. The molecule has 1 heteroatoms. The molecule has 0 aromatic heterocycles. The van der Waals surface area contributed by atoms with Gasteiger partial charge in [0.15, 0.2) is 0 Å². The van der Waals surface area contributed by atoms with Gasteiger partial charge in [-0.25, -0.2) is 4.79 Å². The van der Waals surface area contributed by atoms with Gasteiger partial charge in [-0.2, -0.15) is 0 Å². The van der Waals surface area contributed by atoms with Crippen molar-refractivity contribution in [3.8, 4) is 0 Å². The Morgan fingerprint density at radius 1 is 0.714 bits per heavy atom. The zero-order valence-electron chi connectivity index (χ0n) is 13.7. The molecule has 0 bridgehead atoms. The van der Waals surface area contributed by atoms with Crippen molar-refractivity contribution in [3.05, 3.63) is 42.5 Å². The van der Waals surface area contributed by atoms with E-state index >= 15 is 0 Å². The van der Waals surface area contributed by atoms with Crippen LogP contribution in [0.2, 0.25) is 0 Å². The van der Waals surface area contributed by atoms with E-state index in [1.165, 1.54) is 70.3 Å². The van der Waals surface area contributed by atoms with Crippen LogP contribution < -0.4 is 0 Å². The fourth-order valence-corrected chi connectivity index (χ4v) is 2.15. The van der Waals surface area contributed by atoms with Crippen LogP contribution in [0.3, 0.4) is 0 Å². The van der Waals surface area contributed by atoms with Gasteiger partial charge in [-0.3, -0.25) is 0 Å². The molecule has 0 unspecified atom stereocenters. The Labute approximate surface area is 131 Å². The molecule has 0 aromatic rings. The molecule has 0 spiro atoms. The first-order chi connectivity index (χ1) is 10.4. The first-order valence-corrected chi connectivity index (χ1v) is 8.59. The highest BCUT2D eigenvalue weighted by Gasteiger charge is 1.90. The second kappa shape index (κ2) is 18.7. The maximum atomic E-state index is 9.92. The average Bonchev–Trinajstić information content (AvgIpc) is 2.50. The third-order valence-electron chi connectivity index (χ3n) is 3.42. The van der Waals surface area contributed by atoms with Gasteiger partial charge in [0.25, 0.3) is 0 Å². The van der Waals surface area contributed by atoms with Crippen LogP contribution in [0, 0.1) is 0 Å². The van der Waals surface area contributed by atoms with E-state index in [1.807, 2.05) is 24.3 Å². The molecule has 21 heavy (non-hydrogen) atoms. The fraction of sp³-hybridized carbons (Fsp3) is 0.600. The van der Waals surface area contributed by atoms with Gasteiger partial charge >= 0.3 is 0 Å². The van der Waals surface area contributed by atoms with Gasteiger partial charge in [0.1, 0.15) is 5.94 Å². The zero-order chi connectivity index (χ0) is 15.4. The summed E-state index contributed by atoms with van der Waals surface area (Å²) >= 11 is 0. The van der Waals surface area contributed by atoms with Crippen LogP contribution in [-0.2, 0) is 4.79 Å². The number of hydrogen-bond donors (Lipinski definition) is 0. The second-order valence-electron chi connectivity index (χ2n) is 5.42. The summed E-state index contributed by atoms with van der Waals surface area (Å²) in [5.74, 6) is 1.76. The summed E-state index contributed by atoms with van der Waals surface area (Å²) in [5.41, 5.74) is 0. The normalized spacial score (nSPS) is 11.7. The quantitative estimate of drug-likeness (QED) is 0.207. The molecule has 0 aliphatic rings. The van der Waals surface area contributed by atoms with E-state index in [1.54, 1.807) is 5.94 Å². The van der Waals surface area contributed by atoms with Crippen LogP contribution in [0.1, 0.15) is 77.6 Å². The SMILES string of the molecule is CCCCCCCCCCC/C=C/C=C/C=C/CC=C=O. The molecule has 0 heterocycles. The number of unbranched alkanes of at least 4 members (excludes halogenated alkanes) is 9. The van der Waals surface area contributed by atoms with Crippen LogP contribution in [0.15, 0.2) is 42.5 Å². The lowest BCUT2D eigenvalue weighted by atomic mass is 10.1. The minimum absolute atomic E-state index is 0.663. The lowest BCUT2D eigenvalue weighted by molar-refractivity contribution is 0.566. The van der Waals surface area contributed by atoms with Crippen molar-refractivity contribution < 1.29 is 4.79 Å². The number of allylic oxidation sites excluding steroid dienone is 7. The molecule has 0 atom stereocenters.